The fourth-order valence-corrected chi connectivity index (χ4v) is 9.81. The van der Waals surface area contributed by atoms with Crippen molar-refractivity contribution >= 4 is 11.8 Å². The fraction of sp³-hybridized carbons (Fsp3) is 0.833. The van der Waals surface area contributed by atoms with Crippen molar-refractivity contribution < 1.29 is 14.7 Å². The number of rotatable bonds is 31. The van der Waals surface area contributed by atoms with E-state index < -0.39 is 0 Å². The number of unbranched alkanes of at least 4 members (excludes halogenated alkanes) is 18. The standard InChI is InChI=1S/C48H83NO3/c1-5-8-10-12-19-25-31-43-40(29-23-11-9-6-2)33-34-41(44(43)32-26-20-14-13-17-22-28-39(4)7-3)30-24-18-15-16-21-27-37-49-47(51)45-36-35-42(50)38-46(45)48(49)52/h35-36,38-41,43-44,50H,5-34,37H2,1-4H3. The summed E-state index contributed by atoms with van der Waals surface area (Å²) in [6.45, 7) is 9.91. The maximum Gasteiger partial charge on any atom is 0.261 e. The second-order valence-electron chi connectivity index (χ2n) is 17.4. The van der Waals surface area contributed by atoms with Gasteiger partial charge < -0.3 is 5.11 Å². The molecule has 2 amide bonds. The number of phenols is 1. The average molecular weight is 722 g/mol. The number of amides is 2. The molecule has 0 spiro atoms. The van der Waals surface area contributed by atoms with E-state index in [1.54, 1.807) is 6.07 Å². The van der Waals surface area contributed by atoms with Crippen molar-refractivity contribution in [3.05, 3.63) is 29.3 Å². The van der Waals surface area contributed by atoms with Gasteiger partial charge in [-0.15, -0.1) is 0 Å². The van der Waals surface area contributed by atoms with Gasteiger partial charge in [0, 0.05) is 6.54 Å². The topological polar surface area (TPSA) is 57.6 Å². The Hall–Kier alpha value is -1.84. The van der Waals surface area contributed by atoms with Gasteiger partial charge >= 0.3 is 0 Å². The van der Waals surface area contributed by atoms with Crippen molar-refractivity contribution in [2.45, 2.75) is 220 Å². The van der Waals surface area contributed by atoms with E-state index in [0.29, 0.717) is 17.7 Å². The largest absolute Gasteiger partial charge is 0.508 e. The lowest BCUT2D eigenvalue weighted by atomic mass is 9.61. The van der Waals surface area contributed by atoms with Crippen LogP contribution in [0.2, 0.25) is 0 Å². The molecular formula is C48H83NO3. The van der Waals surface area contributed by atoms with Crippen molar-refractivity contribution in [3.8, 4) is 5.75 Å². The predicted octanol–water partition coefficient (Wildman–Crippen LogP) is 14.9. The summed E-state index contributed by atoms with van der Waals surface area (Å²) in [4.78, 5) is 26.8. The molecule has 5 atom stereocenters. The van der Waals surface area contributed by atoms with Crippen LogP contribution in [0.4, 0.5) is 0 Å². The molecule has 1 saturated carbocycles. The third-order valence-electron chi connectivity index (χ3n) is 13.3. The molecule has 1 heterocycles. The van der Waals surface area contributed by atoms with Crippen LogP contribution in [0.1, 0.15) is 241 Å². The molecule has 1 aromatic carbocycles. The van der Waals surface area contributed by atoms with Crippen molar-refractivity contribution in [2.75, 3.05) is 6.54 Å². The molecule has 1 aliphatic carbocycles. The Morgan fingerprint density at radius 1 is 0.577 bits per heavy atom. The van der Waals surface area contributed by atoms with E-state index in [4.69, 9.17) is 0 Å². The Bertz CT molecular complexity index is 1100. The van der Waals surface area contributed by atoms with Gasteiger partial charge in [-0.3, -0.25) is 14.5 Å². The molecule has 298 valence electrons. The molecule has 1 aliphatic heterocycles. The quantitative estimate of drug-likeness (QED) is 0.0613. The van der Waals surface area contributed by atoms with Crippen molar-refractivity contribution in [2.24, 2.45) is 29.6 Å². The molecule has 4 nitrogen and oxygen atoms in total. The molecule has 1 aromatic rings. The molecule has 3 rings (SSSR count). The summed E-state index contributed by atoms with van der Waals surface area (Å²) in [5, 5.41) is 9.76. The summed E-state index contributed by atoms with van der Waals surface area (Å²) in [6.07, 6.45) is 41.5. The van der Waals surface area contributed by atoms with Crippen molar-refractivity contribution in [1.29, 1.82) is 0 Å². The first-order valence-corrected chi connectivity index (χ1v) is 23.1. The molecular weight excluding hydrogens is 639 g/mol. The molecule has 0 saturated heterocycles. The molecule has 0 aromatic heterocycles. The maximum absolute atomic E-state index is 12.7. The zero-order valence-corrected chi connectivity index (χ0v) is 34.8. The minimum absolute atomic E-state index is 0.0371. The first-order valence-electron chi connectivity index (χ1n) is 23.1. The van der Waals surface area contributed by atoms with Gasteiger partial charge in [0.1, 0.15) is 5.75 Å². The number of nitrogens with zero attached hydrogens (tertiary/aromatic N) is 1. The zero-order chi connectivity index (χ0) is 37.4. The molecule has 52 heavy (non-hydrogen) atoms. The molecule has 4 heteroatoms. The monoisotopic (exact) mass is 722 g/mol. The van der Waals surface area contributed by atoms with Gasteiger partial charge in [-0.1, -0.05) is 188 Å². The summed E-state index contributed by atoms with van der Waals surface area (Å²) in [6, 6.07) is 4.49. The van der Waals surface area contributed by atoms with Crippen LogP contribution in [0.15, 0.2) is 18.2 Å². The SMILES string of the molecule is CCCCCCCCC1C(CCCCCC)CCC(CCCCCCCCN2C(=O)c3ccc(O)cc3C2=O)C1CCCCCCCCC(C)CC. The van der Waals surface area contributed by atoms with Crippen LogP contribution in [-0.2, 0) is 0 Å². The smallest absolute Gasteiger partial charge is 0.261 e. The van der Waals surface area contributed by atoms with E-state index in [1.807, 2.05) is 0 Å². The zero-order valence-electron chi connectivity index (χ0n) is 34.8. The molecule has 1 fully saturated rings. The van der Waals surface area contributed by atoms with Crippen molar-refractivity contribution in [3.63, 3.8) is 0 Å². The summed E-state index contributed by atoms with van der Waals surface area (Å²) in [7, 11) is 0. The highest BCUT2D eigenvalue weighted by molar-refractivity contribution is 6.21. The van der Waals surface area contributed by atoms with Gasteiger partial charge in [0.15, 0.2) is 0 Å². The van der Waals surface area contributed by atoms with Gasteiger partial charge in [-0.2, -0.15) is 0 Å². The Balaban J connectivity index is 1.46. The summed E-state index contributed by atoms with van der Waals surface area (Å²) in [5.41, 5.74) is 0.767. The minimum Gasteiger partial charge on any atom is -0.508 e. The van der Waals surface area contributed by atoms with Gasteiger partial charge in [0.25, 0.3) is 11.8 Å². The summed E-state index contributed by atoms with van der Waals surface area (Å²) < 4.78 is 0. The lowest BCUT2D eigenvalue weighted by Crippen LogP contribution is -2.35. The Morgan fingerprint density at radius 3 is 1.56 bits per heavy atom. The highest BCUT2D eigenvalue weighted by Gasteiger charge is 2.38. The first kappa shape index (κ1) is 44.6. The highest BCUT2D eigenvalue weighted by atomic mass is 16.3. The molecule has 0 radical (unpaired) electrons. The molecule has 2 aliphatic rings. The normalized spacial score (nSPS) is 20.9. The summed E-state index contributed by atoms with van der Waals surface area (Å²) >= 11 is 0. The van der Waals surface area contributed by atoms with Crippen LogP contribution in [0.5, 0.6) is 5.75 Å². The predicted molar refractivity (Wildman–Crippen MR) is 222 cm³/mol. The van der Waals surface area contributed by atoms with E-state index in [1.165, 1.54) is 197 Å². The van der Waals surface area contributed by atoms with Crippen LogP contribution in [0.3, 0.4) is 0 Å². The third kappa shape index (κ3) is 15.9. The van der Waals surface area contributed by atoms with Gasteiger partial charge in [0.2, 0.25) is 0 Å². The van der Waals surface area contributed by atoms with E-state index in [2.05, 4.69) is 27.7 Å². The number of carbonyl (C=O) groups is 2. The number of hydrogen-bond acceptors (Lipinski definition) is 3. The van der Waals surface area contributed by atoms with E-state index in [-0.39, 0.29) is 17.6 Å². The third-order valence-corrected chi connectivity index (χ3v) is 13.3. The number of aromatic hydroxyl groups is 1. The first-order chi connectivity index (χ1) is 25.4. The van der Waals surface area contributed by atoms with Gasteiger partial charge in [-0.05, 0) is 79.9 Å². The van der Waals surface area contributed by atoms with E-state index >= 15 is 0 Å². The average Bonchev–Trinajstić information content (AvgIpc) is 3.38. The van der Waals surface area contributed by atoms with Crippen LogP contribution in [-0.4, -0.2) is 28.4 Å². The van der Waals surface area contributed by atoms with E-state index in [9.17, 15) is 14.7 Å². The highest BCUT2D eigenvalue weighted by Crippen LogP contribution is 2.48. The number of benzene rings is 1. The van der Waals surface area contributed by atoms with Crippen molar-refractivity contribution in [1.82, 2.24) is 4.90 Å². The number of hydrogen-bond donors (Lipinski definition) is 1. The van der Waals surface area contributed by atoms with Crippen LogP contribution in [0.25, 0.3) is 0 Å². The lowest BCUT2D eigenvalue weighted by Gasteiger charge is -2.44. The molecule has 5 unspecified atom stereocenters. The van der Waals surface area contributed by atoms with Crippen LogP contribution < -0.4 is 0 Å². The van der Waals surface area contributed by atoms with Gasteiger partial charge in [-0.25, -0.2) is 0 Å². The summed E-state index contributed by atoms with van der Waals surface area (Å²) in [5.74, 6) is 4.29. The maximum atomic E-state index is 12.7. The molecule has 1 N–H and O–H groups in total. The Kier molecular flexibility index (Phi) is 23.0. The van der Waals surface area contributed by atoms with E-state index in [0.717, 1.165) is 42.4 Å². The second-order valence-corrected chi connectivity index (χ2v) is 17.4. The number of imide groups is 1. The molecule has 0 bridgehead atoms. The fourth-order valence-electron chi connectivity index (χ4n) is 9.81. The lowest BCUT2D eigenvalue weighted by molar-refractivity contribution is 0.0581. The van der Waals surface area contributed by atoms with Gasteiger partial charge in [0.05, 0.1) is 11.1 Å². The number of phenolic OH excluding ortho intramolecular Hbond substituents is 1. The minimum atomic E-state index is -0.256. The second kappa shape index (κ2) is 26.9. The number of carbonyl (C=O) groups excluding carboxylic acids is 2. The Morgan fingerprint density at radius 2 is 1.02 bits per heavy atom. The number of fused-ring (bicyclic) bond motifs is 1. The van der Waals surface area contributed by atoms with Crippen LogP contribution in [0, 0.1) is 29.6 Å². The van der Waals surface area contributed by atoms with Crippen LogP contribution >= 0.6 is 0 Å². The Labute approximate surface area is 322 Å².